The number of carbonyl (C=O) groups excluding carboxylic acids is 3. The number of hydrogen-bond acceptors (Lipinski definition) is 3. The average Bonchev–Trinajstić information content (AvgIpc) is 3.11. The fourth-order valence-electron chi connectivity index (χ4n) is 4.42. The number of aryl methyl sites for hydroxylation is 1. The Morgan fingerprint density at radius 3 is 2.42 bits per heavy atom. The maximum Gasteiger partial charge on any atom is 0.335 e. The molecule has 0 aliphatic carbocycles. The summed E-state index contributed by atoms with van der Waals surface area (Å²) in [5.74, 6) is -1.39. The van der Waals surface area contributed by atoms with Gasteiger partial charge in [-0.1, -0.05) is 57.9 Å². The molecule has 0 spiro atoms. The summed E-state index contributed by atoms with van der Waals surface area (Å²) >= 11 is 9.48. The van der Waals surface area contributed by atoms with Gasteiger partial charge < -0.3 is 4.57 Å². The molecule has 0 unspecified atom stereocenters. The van der Waals surface area contributed by atoms with Crippen LogP contribution in [0.25, 0.3) is 17.0 Å². The van der Waals surface area contributed by atoms with E-state index in [0.29, 0.717) is 17.3 Å². The average molecular weight is 563 g/mol. The molecule has 1 fully saturated rings. The van der Waals surface area contributed by atoms with E-state index in [1.807, 2.05) is 62.4 Å². The number of imide groups is 2. The van der Waals surface area contributed by atoms with Crippen LogP contribution in [0.4, 0.5) is 10.5 Å². The Morgan fingerprint density at radius 2 is 1.69 bits per heavy atom. The van der Waals surface area contributed by atoms with Gasteiger partial charge in [0.15, 0.2) is 0 Å². The molecule has 4 aromatic rings. The summed E-state index contributed by atoms with van der Waals surface area (Å²) in [5.41, 5.74) is 4.82. The first-order valence-electron chi connectivity index (χ1n) is 11.2. The second kappa shape index (κ2) is 9.41. The van der Waals surface area contributed by atoms with Gasteiger partial charge in [0.1, 0.15) is 5.57 Å². The van der Waals surface area contributed by atoms with Gasteiger partial charge in [-0.25, -0.2) is 9.69 Å². The Morgan fingerprint density at radius 1 is 0.972 bits per heavy atom. The summed E-state index contributed by atoms with van der Waals surface area (Å²) in [4.78, 5) is 39.9. The highest BCUT2D eigenvalue weighted by molar-refractivity contribution is 9.10. The molecule has 0 bridgehead atoms. The summed E-state index contributed by atoms with van der Waals surface area (Å²) < 4.78 is 2.99. The fraction of sp³-hybridized carbons (Fsp3) is 0.107. The topological polar surface area (TPSA) is 71.4 Å². The number of rotatable bonds is 4. The minimum Gasteiger partial charge on any atom is -0.340 e. The monoisotopic (exact) mass is 561 g/mol. The molecule has 0 saturated carbocycles. The number of nitrogens with zero attached hydrogens (tertiary/aromatic N) is 2. The number of para-hydroxylation sites is 1. The Kier molecular flexibility index (Phi) is 6.28. The molecule has 0 radical (unpaired) electrons. The molecular formula is C28H21BrClN3O3. The van der Waals surface area contributed by atoms with Gasteiger partial charge in [-0.2, -0.15) is 0 Å². The molecule has 5 rings (SSSR count). The van der Waals surface area contributed by atoms with Crippen molar-refractivity contribution in [2.45, 2.75) is 20.4 Å². The molecule has 0 atom stereocenters. The summed E-state index contributed by atoms with van der Waals surface area (Å²) in [7, 11) is 0. The highest BCUT2D eigenvalue weighted by Gasteiger charge is 2.37. The summed E-state index contributed by atoms with van der Waals surface area (Å²) in [6.07, 6.45) is 1.58. The van der Waals surface area contributed by atoms with Crippen LogP contribution in [0.15, 0.2) is 76.8 Å². The molecule has 3 aromatic carbocycles. The zero-order chi connectivity index (χ0) is 25.6. The van der Waals surface area contributed by atoms with Crippen LogP contribution < -0.4 is 10.2 Å². The van der Waals surface area contributed by atoms with Crippen molar-refractivity contribution in [1.82, 2.24) is 9.88 Å². The molecule has 1 aliphatic rings. The zero-order valence-corrected chi connectivity index (χ0v) is 21.9. The number of carbonyl (C=O) groups is 3. The van der Waals surface area contributed by atoms with Gasteiger partial charge in [-0.3, -0.25) is 14.9 Å². The smallest absolute Gasteiger partial charge is 0.335 e. The van der Waals surface area contributed by atoms with E-state index in [0.717, 1.165) is 42.7 Å². The third-order valence-electron chi connectivity index (χ3n) is 6.32. The molecular weight excluding hydrogens is 542 g/mol. The van der Waals surface area contributed by atoms with Gasteiger partial charge in [0.05, 0.1) is 5.69 Å². The molecule has 2 heterocycles. The molecule has 1 saturated heterocycles. The van der Waals surface area contributed by atoms with Crippen molar-refractivity contribution in [1.29, 1.82) is 0 Å². The van der Waals surface area contributed by atoms with Gasteiger partial charge in [-0.05, 0) is 67.4 Å². The molecule has 1 N–H and O–H groups in total. The van der Waals surface area contributed by atoms with E-state index in [9.17, 15) is 14.4 Å². The number of anilines is 1. The summed E-state index contributed by atoms with van der Waals surface area (Å²) in [5, 5.41) is 3.88. The molecule has 6 nitrogen and oxygen atoms in total. The number of urea groups is 1. The Bertz CT molecular complexity index is 1590. The first kappa shape index (κ1) is 24.0. The van der Waals surface area contributed by atoms with Crippen molar-refractivity contribution in [3.05, 3.63) is 104 Å². The van der Waals surface area contributed by atoms with E-state index in [4.69, 9.17) is 11.6 Å². The van der Waals surface area contributed by atoms with Crippen LogP contribution in [0.3, 0.4) is 0 Å². The first-order chi connectivity index (χ1) is 17.2. The molecule has 180 valence electrons. The number of fused-ring (bicyclic) bond motifs is 1. The lowest BCUT2D eigenvalue weighted by Crippen LogP contribution is -2.54. The van der Waals surface area contributed by atoms with Crippen molar-refractivity contribution >= 4 is 68.0 Å². The predicted octanol–water partition coefficient (Wildman–Crippen LogP) is 6.39. The van der Waals surface area contributed by atoms with Crippen molar-refractivity contribution in [3.63, 3.8) is 0 Å². The number of amides is 4. The second-order valence-electron chi connectivity index (χ2n) is 8.62. The number of aromatic nitrogens is 1. The van der Waals surface area contributed by atoms with Crippen LogP contribution in [0.5, 0.6) is 0 Å². The quantitative estimate of drug-likeness (QED) is 0.231. The van der Waals surface area contributed by atoms with E-state index >= 15 is 0 Å². The molecule has 36 heavy (non-hydrogen) atoms. The van der Waals surface area contributed by atoms with E-state index < -0.39 is 17.8 Å². The Balaban J connectivity index is 1.61. The highest BCUT2D eigenvalue weighted by Crippen LogP contribution is 2.31. The largest absolute Gasteiger partial charge is 0.340 e. The van der Waals surface area contributed by atoms with E-state index in [1.54, 1.807) is 24.3 Å². The lowest BCUT2D eigenvalue weighted by atomic mass is 10.0. The maximum atomic E-state index is 13.5. The number of benzene rings is 3. The van der Waals surface area contributed by atoms with Crippen LogP contribution in [-0.4, -0.2) is 22.4 Å². The number of nitrogens with one attached hydrogen (secondary N) is 1. The minimum atomic E-state index is -0.772. The maximum absolute atomic E-state index is 13.5. The van der Waals surface area contributed by atoms with Crippen LogP contribution in [-0.2, 0) is 16.1 Å². The predicted molar refractivity (Wildman–Crippen MR) is 145 cm³/mol. The highest BCUT2D eigenvalue weighted by atomic mass is 79.9. The van der Waals surface area contributed by atoms with Crippen LogP contribution >= 0.6 is 27.5 Å². The summed E-state index contributed by atoms with van der Waals surface area (Å²) in [6, 6.07) is 19.8. The first-order valence-corrected chi connectivity index (χ1v) is 12.4. The molecule has 1 aliphatic heterocycles. The van der Waals surface area contributed by atoms with Crippen LogP contribution in [0, 0.1) is 13.8 Å². The lowest BCUT2D eigenvalue weighted by molar-refractivity contribution is -0.122. The molecule has 1 aromatic heterocycles. The lowest BCUT2D eigenvalue weighted by Gasteiger charge is -2.26. The summed E-state index contributed by atoms with van der Waals surface area (Å²) in [6.45, 7) is 4.41. The van der Waals surface area contributed by atoms with Crippen molar-refractivity contribution in [2.75, 3.05) is 4.90 Å². The van der Waals surface area contributed by atoms with E-state index in [-0.39, 0.29) is 5.57 Å². The minimum absolute atomic E-state index is 0.104. The third kappa shape index (κ3) is 4.25. The molecule has 4 amide bonds. The number of hydrogen-bond donors (Lipinski definition) is 1. The van der Waals surface area contributed by atoms with Gasteiger partial charge in [0.25, 0.3) is 11.8 Å². The van der Waals surface area contributed by atoms with Gasteiger partial charge >= 0.3 is 6.03 Å². The third-order valence-corrected chi connectivity index (χ3v) is 7.47. The van der Waals surface area contributed by atoms with Gasteiger partial charge in [0, 0.05) is 38.2 Å². The van der Waals surface area contributed by atoms with Crippen LogP contribution in [0.2, 0.25) is 5.02 Å². The van der Waals surface area contributed by atoms with Gasteiger partial charge in [0.2, 0.25) is 0 Å². The van der Waals surface area contributed by atoms with E-state index in [1.165, 1.54) is 0 Å². The Hall–Kier alpha value is -3.68. The number of halogens is 2. The molecule has 8 heteroatoms. The second-order valence-corrected chi connectivity index (χ2v) is 9.91. The van der Waals surface area contributed by atoms with Crippen molar-refractivity contribution in [3.8, 4) is 0 Å². The standard InChI is InChI=1S/C28H21BrClN3O3/c1-16-13-20(11-12-24(16)29)33-27(35)23(26(34)31-28(33)36)14-22-17(2)32(25-6-4-3-5-21(22)25)15-18-7-9-19(30)10-8-18/h3-14H,15H2,1-2H3,(H,31,34,36)/b23-14+. The fourth-order valence-corrected chi connectivity index (χ4v) is 4.79. The SMILES string of the molecule is Cc1cc(N2C(=O)NC(=O)/C(=C\c3c(C)n(Cc4ccc(Cl)cc4)c4ccccc34)C2=O)ccc1Br. The van der Waals surface area contributed by atoms with Crippen molar-refractivity contribution < 1.29 is 14.4 Å². The number of barbiturate groups is 1. The Labute approximate surface area is 221 Å². The van der Waals surface area contributed by atoms with Crippen molar-refractivity contribution in [2.24, 2.45) is 0 Å². The normalized spacial score (nSPS) is 15.2. The van der Waals surface area contributed by atoms with Gasteiger partial charge in [-0.15, -0.1) is 0 Å². The van der Waals surface area contributed by atoms with Crippen LogP contribution in [0.1, 0.15) is 22.4 Å². The zero-order valence-electron chi connectivity index (χ0n) is 19.5. The van der Waals surface area contributed by atoms with E-state index in [2.05, 4.69) is 25.8 Å².